The van der Waals surface area contributed by atoms with Gasteiger partial charge in [0.05, 0.1) is 16.3 Å². The van der Waals surface area contributed by atoms with Gasteiger partial charge in [-0.15, -0.1) is 0 Å². The first-order valence-electron chi connectivity index (χ1n) is 12.8. The zero-order valence-corrected chi connectivity index (χ0v) is 24.3. The van der Waals surface area contributed by atoms with E-state index in [2.05, 4.69) is 35.0 Å². The van der Waals surface area contributed by atoms with Gasteiger partial charge < -0.3 is 4.57 Å². The van der Waals surface area contributed by atoms with Gasteiger partial charge in [0, 0.05) is 39.3 Å². The molecule has 5 aromatic rings. The lowest BCUT2D eigenvalue weighted by atomic mass is 10.1. The minimum atomic E-state index is -0.151. The number of carbonyl (C=O) groups excluding carboxylic acids is 1. The molecule has 7 heteroatoms. The van der Waals surface area contributed by atoms with E-state index in [1.807, 2.05) is 86.7 Å². The van der Waals surface area contributed by atoms with E-state index >= 15 is 0 Å². The number of aryl methyl sites for hydroxylation is 2. The van der Waals surface area contributed by atoms with Gasteiger partial charge in [0.1, 0.15) is 0 Å². The van der Waals surface area contributed by atoms with Crippen molar-refractivity contribution in [3.63, 3.8) is 0 Å². The summed E-state index contributed by atoms with van der Waals surface area (Å²) in [6, 6.07) is 29.9. The summed E-state index contributed by atoms with van der Waals surface area (Å²) in [4.78, 5) is 21.0. The minimum absolute atomic E-state index is 0.151. The smallest absolute Gasteiger partial charge is 0.271 e. The molecule has 0 saturated carbocycles. The second kappa shape index (κ2) is 11.0. The van der Waals surface area contributed by atoms with E-state index in [-0.39, 0.29) is 5.91 Å². The number of para-hydroxylation sites is 1. The summed E-state index contributed by atoms with van der Waals surface area (Å²) >= 11 is 14.2. The Morgan fingerprint density at radius 1 is 0.850 bits per heavy atom. The van der Waals surface area contributed by atoms with Crippen LogP contribution in [0.2, 0.25) is 10.0 Å². The number of anilines is 1. The molecule has 1 fully saturated rings. The SMILES string of the molecule is Cc1ccc(N=C2S/C(=C\c3cn(Cc4ccccc4)c4ccccc34)C(=O)N2c2ccc(C)c(Cl)c2)cc1Cl. The molecule has 4 nitrogen and oxygen atoms in total. The van der Waals surface area contributed by atoms with Gasteiger partial charge in [0.2, 0.25) is 0 Å². The number of aliphatic imine (C=N–C) groups is 1. The number of halogens is 2. The molecule has 1 aliphatic rings. The Bertz CT molecular complexity index is 1820. The Hall–Kier alpha value is -3.77. The highest BCUT2D eigenvalue weighted by atomic mass is 35.5. The van der Waals surface area contributed by atoms with Crippen LogP contribution in [0.5, 0.6) is 0 Å². The molecule has 0 radical (unpaired) electrons. The lowest BCUT2D eigenvalue weighted by Crippen LogP contribution is -2.28. The van der Waals surface area contributed by atoms with Gasteiger partial charge in [-0.05, 0) is 78.7 Å². The van der Waals surface area contributed by atoms with Gasteiger partial charge >= 0.3 is 0 Å². The summed E-state index contributed by atoms with van der Waals surface area (Å²) in [5, 5.41) is 2.85. The fraction of sp³-hybridized carbons (Fsp3) is 0.0909. The third-order valence-corrected chi connectivity index (χ3v) is 8.69. The molecule has 0 unspecified atom stereocenters. The Morgan fingerprint density at radius 3 is 2.30 bits per heavy atom. The number of rotatable bonds is 5. The number of carbonyl (C=O) groups is 1. The Morgan fingerprint density at radius 2 is 1.55 bits per heavy atom. The maximum absolute atomic E-state index is 13.9. The molecular weight excluding hydrogens is 557 g/mol. The second-order valence-corrected chi connectivity index (χ2v) is 11.6. The number of hydrogen-bond donors (Lipinski definition) is 0. The van der Waals surface area contributed by atoms with Gasteiger partial charge in [-0.1, -0.05) is 83.9 Å². The number of hydrogen-bond acceptors (Lipinski definition) is 3. The van der Waals surface area contributed by atoms with Crippen molar-refractivity contribution in [1.29, 1.82) is 0 Å². The van der Waals surface area contributed by atoms with Crippen molar-refractivity contribution in [1.82, 2.24) is 4.57 Å². The minimum Gasteiger partial charge on any atom is -0.342 e. The van der Waals surface area contributed by atoms with Gasteiger partial charge in [-0.25, -0.2) is 4.99 Å². The predicted molar refractivity (Wildman–Crippen MR) is 170 cm³/mol. The molecular formula is C33H25Cl2N3OS. The van der Waals surface area contributed by atoms with Crippen LogP contribution < -0.4 is 4.90 Å². The predicted octanol–water partition coefficient (Wildman–Crippen LogP) is 9.42. The molecule has 0 spiro atoms. The Labute approximate surface area is 247 Å². The first-order chi connectivity index (χ1) is 19.4. The van der Waals surface area contributed by atoms with Crippen LogP contribution >= 0.6 is 35.0 Å². The molecule has 198 valence electrons. The standard InChI is InChI=1S/C33H25Cl2N3OS/c1-21-12-14-25(17-28(21)34)36-33-38(26-15-13-22(2)29(35)18-26)32(39)31(40-33)16-24-20-37(19-23-8-4-3-5-9-23)30-11-7-6-10-27(24)30/h3-18,20H,19H2,1-2H3/b31-16-,36-33?. The number of thioether (sulfide) groups is 1. The number of amidine groups is 1. The molecule has 2 heterocycles. The second-order valence-electron chi connectivity index (χ2n) is 9.73. The average Bonchev–Trinajstić information content (AvgIpc) is 3.45. The van der Waals surface area contributed by atoms with E-state index in [1.165, 1.54) is 17.3 Å². The van der Waals surface area contributed by atoms with E-state index in [0.717, 1.165) is 34.1 Å². The third kappa shape index (κ3) is 5.20. The van der Waals surface area contributed by atoms with Crippen molar-refractivity contribution < 1.29 is 4.79 Å². The molecule has 0 N–H and O–H groups in total. The molecule has 0 bridgehead atoms. The number of nitrogens with zero attached hydrogens (tertiary/aromatic N) is 3. The van der Waals surface area contributed by atoms with Gasteiger partial charge in [0.15, 0.2) is 5.17 Å². The average molecular weight is 583 g/mol. The van der Waals surface area contributed by atoms with E-state index in [4.69, 9.17) is 28.2 Å². The highest BCUT2D eigenvalue weighted by Gasteiger charge is 2.35. The number of amides is 1. The van der Waals surface area contributed by atoms with Gasteiger partial charge in [-0.3, -0.25) is 9.69 Å². The van der Waals surface area contributed by atoms with Crippen molar-refractivity contribution in [2.45, 2.75) is 20.4 Å². The van der Waals surface area contributed by atoms with Crippen molar-refractivity contribution in [2.24, 2.45) is 4.99 Å². The zero-order chi connectivity index (χ0) is 27.8. The highest BCUT2D eigenvalue weighted by molar-refractivity contribution is 8.19. The lowest BCUT2D eigenvalue weighted by molar-refractivity contribution is -0.113. The highest BCUT2D eigenvalue weighted by Crippen LogP contribution is 2.39. The first kappa shape index (κ1) is 26.5. The summed E-state index contributed by atoms with van der Waals surface area (Å²) in [6.07, 6.45) is 4.07. The Balaban J connectivity index is 1.44. The number of aromatic nitrogens is 1. The van der Waals surface area contributed by atoms with Crippen LogP contribution in [-0.4, -0.2) is 15.6 Å². The fourth-order valence-electron chi connectivity index (χ4n) is 4.70. The van der Waals surface area contributed by atoms with Crippen LogP contribution in [0.3, 0.4) is 0 Å². The van der Waals surface area contributed by atoms with E-state index < -0.39 is 0 Å². The quantitative estimate of drug-likeness (QED) is 0.194. The summed E-state index contributed by atoms with van der Waals surface area (Å²) in [5.41, 5.74) is 6.55. The van der Waals surface area contributed by atoms with E-state index in [0.29, 0.717) is 31.5 Å². The van der Waals surface area contributed by atoms with Crippen molar-refractivity contribution in [2.75, 3.05) is 4.90 Å². The Kier molecular flexibility index (Phi) is 7.28. The molecule has 1 amide bonds. The van der Waals surface area contributed by atoms with Gasteiger partial charge in [-0.2, -0.15) is 0 Å². The molecule has 1 aliphatic heterocycles. The maximum atomic E-state index is 13.9. The van der Waals surface area contributed by atoms with Crippen molar-refractivity contribution >= 4 is 74.4 Å². The third-order valence-electron chi connectivity index (χ3n) is 6.90. The summed E-state index contributed by atoms with van der Waals surface area (Å²) in [5.74, 6) is -0.151. The molecule has 40 heavy (non-hydrogen) atoms. The fourth-order valence-corrected chi connectivity index (χ4v) is 6.04. The molecule has 1 saturated heterocycles. The first-order valence-corrected chi connectivity index (χ1v) is 14.4. The number of fused-ring (bicyclic) bond motifs is 1. The zero-order valence-electron chi connectivity index (χ0n) is 21.9. The van der Waals surface area contributed by atoms with E-state index in [9.17, 15) is 4.79 Å². The summed E-state index contributed by atoms with van der Waals surface area (Å²) in [6.45, 7) is 4.62. The molecule has 0 atom stereocenters. The van der Waals surface area contributed by atoms with Gasteiger partial charge in [0.25, 0.3) is 5.91 Å². The van der Waals surface area contributed by atoms with Crippen LogP contribution in [0.25, 0.3) is 17.0 Å². The normalized spacial score (nSPS) is 15.6. The largest absolute Gasteiger partial charge is 0.342 e. The van der Waals surface area contributed by atoms with Crippen LogP contribution in [0.15, 0.2) is 107 Å². The monoisotopic (exact) mass is 581 g/mol. The molecule has 0 aliphatic carbocycles. The maximum Gasteiger partial charge on any atom is 0.271 e. The molecule has 1 aromatic heterocycles. The summed E-state index contributed by atoms with van der Waals surface area (Å²) < 4.78 is 2.22. The van der Waals surface area contributed by atoms with Crippen molar-refractivity contribution in [3.05, 3.63) is 134 Å². The van der Waals surface area contributed by atoms with E-state index in [1.54, 1.807) is 4.90 Å². The summed E-state index contributed by atoms with van der Waals surface area (Å²) in [7, 11) is 0. The van der Waals surface area contributed by atoms with Crippen molar-refractivity contribution in [3.8, 4) is 0 Å². The molecule has 6 rings (SSSR count). The van der Waals surface area contributed by atoms with Crippen LogP contribution in [0.4, 0.5) is 11.4 Å². The topological polar surface area (TPSA) is 37.6 Å². The molecule has 4 aromatic carbocycles. The van der Waals surface area contributed by atoms with Crippen LogP contribution in [0, 0.1) is 13.8 Å². The van der Waals surface area contributed by atoms with Crippen LogP contribution in [0.1, 0.15) is 22.3 Å². The number of benzene rings is 4. The lowest BCUT2D eigenvalue weighted by Gasteiger charge is -2.16. The van der Waals surface area contributed by atoms with Crippen LogP contribution in [-0.2, 0) is 11.3 Å².